The van der Waals surface area contributed by atoms with Crippen molar-refractivity contribution in [2.45, 2.75) is 38.5 Å². The zero-order chi connectivity index (χ0) is 19.5. The summed E-state index contributed by atoms with van der Waals surface area (Å²) in [6.45, 7) is 0. The van der Waals surface area contributed by atoms with E-state index in [2.05, 4.69) is 0 Å². The second-order valence-corrected chi connectivity index (χ2v) is 9.35. The van der Waals surface area contributed by atoms with Crippen molar-refractivity contribution in [2.24, 2.45) is 35.5 Å². The quantitative estimate of drug-likeness (QED) is 0.599. The maximum Gasteiger partial charge on any atom is 0.237 e. The molecule has 4 fully saturated rings. The highest BCUT2D eigenvalue weighted by atomic mass is 16.2. The van der Waals surface area contributed by atoms with Crippen LogP contribution < -0.4 is 0 Å². The maximum atomic E-state index is 13.2. The largest absolute Gasteiger partial charge is 0.285 e. The average molecular weight is 380 g/mol. The number of hydrogen-bond acceptors (Lipinski definition) is 4. The van der Waals surface area contributed by atoms with E-state index in [0.29, 0.717) is 0 Å². The molecule has 0 N–H and O–H groups in total. The summed E-state index contributed by atoms with van der Waals surface area (Å²) in [7, 11) is 3.19. The summed E-state index contributed by atoms with van der Waals surface area (Å²) in [5.74, 6) is -1.73. The van der Waals surface area contributed by atoms with Crippen LogP contribution >= 0.6 is 0 Å². The summed E-state index contributed by atoms with van der Waals surface area (Å²) < 4.78 is 0. The number of rotatable bonds is 0. The topological polar surface area (TPSA) is 74.8 Å². The van der Waals surface area contributed by atoms with Gasteiger partial charge in [0.1, 0.15) is 0 Å². The molecule has 4 aliphatic carbocycles. The third-order valence-electron chi connectivity index (χ3n) is 8.43. The van der Waals surface area contributed by atoms with Crippen LogP contribution in [-0.4, -0.2) is 47.5 Å². The first-order valence-corrected chi connectivity index (χ1v) is 10.5. The van der Waals surface area contributed by atoms with Crippen LogP contribution in [0.15, 0.2) is 22.3 Å². The van der Waals surface area contributed by atoms with Crippen molar-refractivity contribution in [1.82, 2.24) is 9.80 Å². The summed E-state index contributed by atoms with van der Waals surface area (Å²) in [6.07, 6.45) is 5.52. The lowest BCUT2D eigenvalue weighted by Gasteiger charge is -2.42. The smallest absolute Gasteiger partial charge is 0.237 e. The Labute approximate surface area is 163 Å². The van der Waals surface area contributed by atoms with Crippen LogP contribution in [0.3, 0.4) is 0 Å². The van der Waals surface area contributed by atoms with Gasteiger partial charge in [-0.1, -0.05) is 11.1 Å². The Hall–Kier alpha value is -2.24. The molecule has 6 atom stereocenters. The van der Waals surface area contributed by atoms with Crippen LogP contribution in [0.2, 0.25) is 0 Å². The van der Waals surface area contributed by atoms with E-state index in [1.54, 1.807) is 14.1 Å². The van der Waals surface area contributed by atoms with Gasteiger partial charge >= 0.3 is 0 Å². The minimum Gasteiger partial charge on any atom is -0.285 e. The SMILES string of the molecule is CN1C(=O)[C@H]2C3=C4CCC[C@@H]4[C@H]4C(=O)N(C)C(=O)[C@H]4C3=C3CCC[C@@H]3[C@H]2C1=O. The standard InChI is InChI=1S/C22H24N2O4/c1-23-19(25)15-11-7-3-5-9(11)14-13(17(15)21(23)27)10-6-4-8-12(10)16-18(14)22(28)24(2)20(16)26/h11-12,15-18H,3-8H2,1-2H3/t11-,12-,15+,16+,17-,18-/m0/s1. The van der Waals surface area contributed by atoms with Gasteiger partial charge in [0.25, 0.3) is 0 Å². The molecule has 28 heavy (non-hydrogen) atoms. The van der Waals surface area contributed by atoms with Gasteiger partial charge in [-0.05, 0) is 61.5 Å². The van der Waals surface area contributed by atoms with Gasteiger partial charge in [0.2, 0.25) is 23.6 Å². The summed E-state index contributed by atoms with van der Waals surface area (Å²) >= 11 is 0. The zero-order valence-corrected chi connectivity index (χ0v) is 16.2. The Morgan fingerprint density at radius 3 is 1.43 bits per heavy atom. The maximum absolute atomic E-state index is 13.2. The first-order chi connectivity index (χ1) is 13.4. The lowest BCUT2D eigenvalue weighted by Crippen LogP contribution is -2.41. The predicted molar refractivity (Wildman–Crippen MR) is 98.2 cm³/mol. The number of likely N-dealkylation sites (tertiary alicyclic amines) is 2. The van der Waals surface area contributed by atoms with Crippen molar-refractivity contribution in [3.8, 4) is 0 Å². The van der Waals surface area contributed by atoms with E-state index in [1.165, 1.54) is 20.9 Å². The molecule has 2 heterocycles. The fourth-order valence-corrected chi connectivity index (χ4v) is 7.37. The number of allylic oxidation sites excluding steroid dienone is 2. The zero-order valence-electron chi connectivity index (χ0n) is 16.2. The molecule has 6 rings (SSSR count). The fourth-order valence-electron chi connectivity index (χ4n) is 7.37. The van der Waals surface area contributed by atoms with Crippen molar-refractivity contribution >= 4 is 23.6 Å². The monoisotopic (exact) mass is 380 g/mol. The molecule has 0 radical (unpaired) electrons. The van der Waals surface area contributed by atoms with Gasteiger partial charge in [-0.15, -0.1) is 0 Å². The molecule has 0 spiro atoms. The number of nitrogens with zero attached hydrogens (tertiary/aromatic N) is 2. The number of fused-ring (bicyclic) bond motifs is 9. The Balaban J connectivity index is 1.66. The molecule has 2 aliphatic heterocycles. The third kappa shape index (κ3) is 1.67. The van der Waals surface area contributed by atoms with Crippen LogP contribution in [0.25, 0.3) is 0 Å². The van der Waals surface area contributed by atoms with Crippen LogP contribution in [0.5, 0.6) is 0 Å². The van der Waals surface area contributed by atoms with Crippen molar-refractivity contribution < 1.29 is 19.2 Å². The first kappa shape index (κ1) is 16.7. The van der Waals surface area contributed by atoms with Crippen LogP contribution in [0.1, 0.15) is 38.5 Å². The number of hydrogen-bond donors (Lipinski definition) is 0. The van der Waals surface area contributed by atoms with Crippen molar-refractivity contribution in [1.29, 1.82) is 0 Å². The molecule has 0 aromatic rings. The third-order valence-corrected chi connectivity index (χ3v) is 8.43. The second kappa shape index (κ2) is 5.22. The Morgan fingerprint density at radius 1 is 0.643 bits per heavy atom. The Bertz CT molecular complexity index is 868. The molecule has 6 aliphatic rings. The second-order valence-electron chi connectivity index (χ2n) is 9.35. The molecule has 6 nitrogen and oxygen atoms in total. The Morgan fingerprint density at radius 2 is 1.04 bits per heavy atom. The minimum atomic E-state index is -0.440. The highest BCUT2D eigenvalue weighted by Crippen LogP contribution is 2.62. The molecule has 2 saturated heterocycles. The van der Waals surface area contributed by atoms with E-state index in [4.69, 9.17) is 0 Å². The lowest BCUT2D eigenvalue weighted by molar-refractivity contribution is -0.139. The molecular formula is C22H24N2O4. The van der Waals surface area contributed by atoms with Crippen molar-refractivity contribution in [3.63, 3.8) is 0 Å². The van der Waals surface area contributed by atoms with Gasteiger partial charge in [0.15, 0.2) is 0 Å². The van der Waals surface area contributed by atoms with E-state index < -0.39 is 11.8 Å². The summed E-state index contributed by atoms with van der Waals surface area (Å²) in [4.78, 5) is 54.9. The predicted octanol–water partition coefficient (Wildman–Crippen LogP) is 1.67. The number of carbonyl (C=O) groups is 4. The molecule has 0 unspecified atom stereocenters. The molecule has 6 heteroatoms. The fraction of sp³-hybridized carbons (Fsp3) is 0.636. The van der Waals surface area contributed by atoms with Crippen LogP contribution in [-0.2, 0) is 19.2 Å². The summed E-state index contributed by atoms with van der Waals surface area (Å²) in [5.41, 5.74) is 4.41. The highest BCUT2D eigenvalue weighted by Gasteiger charge is 2.64. The number of carbonyl (C=O) groups excluding carboxylic acids is 4. The molecule has 0 aromatic carbocycles. The lowest BCUT2D eigenvalue weighted by atomic mass is 9.58. The summed E-state index contributed by atoms with van der Waals surface area (Å²) in [6, 6.07) is 0. The number of amides is 4. The molecular weight excluding hydrogens is 356 g/mol. The van der Waals surface area contributed by atoms with Gasteiger partial charge in [-0.25, -0.2) is 0 Å². The normalized spacial score (nSPS) is 41.6. The molecule has 2 saturated carbocycles. The van der Waals surface area contributed by atoms with Crippen molar-refractivity contribution in [2.75, 3.05) is 14.1 Å². The van der Waals surface area contributed by atoms with Crippen LogP contribution in [0.4, 0.5) is 0 Å². The van der Waals surface area contributed by atoms with Gasteiger partial charge in [-0.2, -0.15) is 0 Å². The van der Waals surface area contributed by atoms with Crippen molar-refractivity contribution in [3.05, 3.63) is 22.3 Å². The van der Waals surface area contributed by atoms with E-state index >= 15 is 0 Å². The van der Waals surface area contributed by atoms with Gasteiger partial charge in [0, 0.05) is 14.1 Å². The van der Waals surface area contributed by atoms with E-state index in [9.17, 15) is 19.2 Å². The summed E-state index contributed by atoms with van der Waals surface area (Å²) in [5, 5.41) is 0. The van der Waals surface area contributed by atoms with Gasteiger partial charge < -0.3 is 0 Å². The van der Waals surface area contributed by atoms with E-state index in [0.717, 1.165) is 49.7 Å². The molecule has 0 bridgehead atoms. The Kier molecular flexibility index (Phi) is 3.11. The molecule has 4 amide bonds. The minimum absolute atomic E-state index is 0.0539. The van der Waals surface area contributed by atoms with E-state index in [-0.39, 0.29) is 47.3 Å². The average Bonchev–Trinajstić information content (AvgIpc) is 3.43. The first-order valence-electron chi connectivity index (χ1n) is 10.5. The molecule has 0 aromatic heterocycles. The van der Waals surface area contributed by atoms with Gasteiger partial charge in [0.05, 0.1) is 23.7 Å². The molecule has 146 valence electrons. The van der Waals surface area contributed by atoms with E-state index in [1.807, 2.05) is 0 Å². The number of imide groups is 2. The highest BCUT2D eigenvalue weighted by molar-refractivity contribution is 6.11. The van der Waals surface area contributed by atoms with Gasteiger partial charge in [-0.3, -0.25) is 29.0 Å². The van der Waals surface area contributed by atoms with Crippen LogP contribution in [0, 0.1) is 35.5 Å².